The average Bonchev–Trinajstić information content (AvgIpc) is 2.22. The third kappa shape index (κ3) is 3.12. The maximum atomic E-state index is 13.0. The van der Waals surface area contributed by atoms with E-state index in [-0.39, 0.29) is 0 Å². The van der Waals surface area contributed by atoms with Gasteiger partial charge in [-0.15, -0.1) is 0 Å². The van der Waals surface area contributed by atoms with E-state index in [0.717, 1.165) is 0 Å². The molecule has 0 aromatic carbocycles. The van der Waals surface area contributed by atoms with Crippen LogP contribution in [-0.4, -0.2) is 43.4 Å². The summed E-state index contributed by atoms with van der Waals surface area (Å²) in [5, 5.41) is 0. The molecule has 0 nitrogen and oxygen atoms in total. The first-order valence-corrected chi connectivity index (χ1v) is 15.7. The number of hydrogen-bond acceptors (Lipinski definition) is 0. The van der Waals surface area contributed by atoms with E-state index in [1.165, 1.54) is 0 Å². The Morgan fingerprint density at radius 3 is 0.609 bits per heavy atom. The van der Waals surface area contributed by atoms with Crippen LogP contribution in [0.25, 0.3) is 0 Å². The van der Waals surface area contributed by atoms with Crippen molar-refractivity contribution in [2.24, 2.45) is 0 Å². The Morgan fingerprint density at radius 1 is 0.391 bits per heavy atom. The standard InChI is InChI=1S/3C2F5.Ga.HI/c3*3-1(4)2(5,6)7;;/h;;;;1H/p-1. The monoisotopic (exact) mass is 553 g/mol. The molecule has 0 spiro atoms. The first-order chi connectivity index (χ1) is 9.50. The molecule has 0 saturated heterocycles. The summed E-state index contributed by atoms with van der Waals surface area (Å²) in [6.07, 6.45) is -22.4. The molecule has 0 aliphatic rings. The predicted molar refractivity (Wildman–Crippen MR) is 52.8 cm³/mol. The molecule has 0 saturated carbocycles. The molecule has 0 rings (SSSR count). The van der Waals surface area contributed by atoms with Gasteiger partial charge in [0.15, 0.2) is 0 Å². The van der Waals surface area contributed by atoms with Gasteiger partial charge in [0, 0.05) is 0 Å². The summed E-state index contributed by atoms with van der Waals surface area (Å²) in [5.74, 6) is 0. The minimum absolute atomic E-state index is 1.33. The molecular weight excluding hydrogens is 554 g/mol. The summed E-state index contributed by atoms with van der Waals surface area (Å²) < 4.78 is 164. The van der Waals surface area contributed by atoms with Gasteiger partial charge in [0.2, 0.25) is 0 Å². The van der Waals surface area contributed by atoms with Gasteiger partial charge in [0.05, 0.1) is 0 Å². The Morgan fingerprint density at radius 2 is 0.522 bits per heavy atom. The Balaban J connectivity index is 6.97. The summed E-state index contributed by atoms with van der Waals surface area (Å²) in [6.45, 7) is 0. The van der Waals surface area contributed by atoms with Crippen molar-refractivity contribution in [2.75, 3.05) is 0 Å². The van der Waals surface area contributed by atoms with Crippen molar-refractivity contribution in [1.29, 1.82) is 0 Å². The van der Waals surface area contributed by atoms with E-state index < -0.39 is 63.1 Å². The number of hydrogen-bond donors (Lipinski definition) is 0. The molecule has 0 aliphatic heterocycles. The molecule has 0 aromatic rings. The molecule has 0 fully saturated rings. The van der Waals surface area contributed by atoms with Crippen LogP contribution in [0.1, 0.15) is 0 Å². The van der Waals surface area contributed by atoms with E-state index in [4.69, 9.17) is 0 Å². The maximum absolute atomic E-state index is 13.0. The average molecular weight is 554 g/mol. The van der Waals surface area contributed by atoms with Crippen LogP contribution in [0.15, 0.2) is 0 Å². The number of rotatable bonds is 3. The van der Waals surface area contributed by atoms with Crippen molar-refractivity contribution in [3.63, 3.8) is 0 Å². The van der Waals surface area contributed by atoms with Crippen molar-refractivity contribution in [2.45, 2.75) is 32.0 Å². The minimum atomic E-state index is -10.2. The second-order valence-corrected chi connectivity index (χ2v) is 21.6. The van der Waals surface area contributed by atoms with Crippen LogP contribution >= 0.6 is 19.7 Å². The fourth-order valence-corrected chi connectivity index (χ4v) is 12.6. The molecule has 0 amide bonds. The second-order valence-electron chi connectivity index (χ2n) is 4.12. The van der Waals surface area contributed by atoms with Crippen LogP contribution in [0, 0.1) is 0 Å². The predicted octanol–water partition coefficient (Wildman–Crippen LogP) is 5.58. The van der Waals surface area contributed by atoms with Crippen molar-refractivity contribution in [3.05, 3.63) is 0 Å². The summed E-state index contributed by atoms with van der Waals surface area (Å²) in [4.78, 5) is 0. The van der Waals surface area contributed by atoms with Gasteiger partial charge < -0.3 is 0 Å². The Bertz CT molecular complexity index is 376. The van der Waals surface area contributed by atoms with Gasteiger partial charge in [-0.1, -0.05) is 0 Å². The molecule has 0 heterocycles. The molecular formula is C6F15GaI-. The van der Waals surface area contributed by atoms with Gasteiger partial charge in [-0.05, 0) is 0 Å². The van der Waals surface area contributed by atoms with Gasteiger partial charge in [0.1, 0.15) is 0 Å². The van der Waals surface area contributed by atoms with Crippen LogP contribution in [0.3, 0.4) is 0 Å². The Hall–Kier alpha value is 0.316. The summed E-state index contributed by atoms with van der Waals surface area (Å²) in [6, 6.07) is 0. The van der Waals surface area contributed by atoms with E-state index in [1.54, 1.807) is 0 Å². The van der Waals surface area contributed by atoms with E-state index in [0.29, 0.717) is 0 Å². The van der Waals surface area contributed by atoms with Crippen molar-refractivity contribution in [1.82, 2.24) is 0 Å². The number of alkyl halides is 15. The van der Waals surface area contributed by atoms with Crippen molar-refractivity contribution < 1.29 is 65.9 Å². The van der Waals surface area contributed by atoms with Crippen molar-refractivity contribution in [3.8, 4) is 0 Å². The summed E-state index contributed by atoms with van der Waals surface area (Å²) in [7, 11) is 0. The van der Waals surface area contributed by atoms with Crippen LogP contribution < -0.4 is 0 Å². The zero-order chi connectivity index (χ0) is 19.5. The van der Waals surface area contributed by atoms with Crippen molar-refractivity contribution >= 4 is 31.2 Å². The zero-order valence-electron chi connectivity index (χ0n) is 9.62. The van der Waals surface area contributed by atoms with Crippen LogP contribution in [0.5, 0.6) is 0 Å². The second kappa shape index (κ2) is 5.66. The molecule has 0 bridgehead atoms. The molecule has 23 heavy (non-hydrogen) atoms. The fraction of sp³-hybridized carbons (Fsp3) is 1.00. The quantitative estimate of drug-likeness (QED) is 0.243. The third-order valence-corrected chi connectivity index (χ3v) is 23.2. The zero-order valence-corrected chi connectivity index (χ0v) is 14.2. The molecule has 0 N–H and O–H groups in total. The molecule has 0 aromatic heterocycles. The third-order valence-electron chi connectivity index (χ3n) is 2.63. The van der Waals surface area contributed by atoms with E-state index >= 15 is 0 Å². The normalized spacial score (nSPS) is 16.7. The van der Waals surface area contributed by atoms with Gasteiger partial charge in [-0.2, -0.15) is 0 Å². The Labute approximate surface area is 129 Å². The Kier molecular flexibility index (Phi) is 5.74. The SMILES string of the molecule is FC(F)(F)[C](F)(F)[Ga-]([I])([C](F)(F)C(F)(F)F)[C](F)(F)C(F)(F)F. The molecule has 0 aliphatic carbocycles. The first kappa shape index (κ1) is 23.3. The summed E-state index contributed by atoms with van der Waals surface area (Å²) >= 11 is -11.5. The van der Waals surface area contributed by atoms with E-state index in [1.807, 2.05) is 0 Å². The number of halogens is 16. The molecule has 0 radical (unpaired) electrons. The molecule has 17 heteroatoms. The molecule has 140 valence electrons. The fourth-order valence-electron chi connectivity index (χ4n) is 1.36. The van der Waals surface area contributed by atoms with E-state index in [2.05, 4.69) is 0 Å². The van der Waals surface area contributed by atoms with Gasteiger partial charge in [-0.25, -0.2) is 0 Å². The van der Waals surface area contributed by atoms with Crippen LogP contribution in [0.4, 0.5) is 65.9 Å². The molecule has 0 unspecified atom stereocenters. The van der Waals surface area contributed by atoms with E-state index in [9.17, 15) is 65.9 Å². The van der Waals surface area contributed by atoms with Crippen LogP contribution in [0.2, 0.25) is 0 Å². The van der Waals surface area contributed by atoms with Gasteiger partial charge in [-0.3, -0.25) is 0 Å². The summed E-state index contributed by atoms with van der Waals surface area (Å²) in [5.41, 5.74) is 0. The van der Waals surface area contributed by atoms with Crippen LogP contribution in [-0.2, 0) is 0 Å². The van der Waals surface area contributed by atoms with Gasteiger partial charge in [0.25, 0.3) is 0 Å². The topological polar surface area (TPSA) is 0 Å². The first-order valence-electron chi connectivity index (χ1n) is 4.67. The van der Waals surface area contributed by atoms with Gasteiger partial charge >= 0.3 is 129 Å². The molecule has 0 atom stereocenters.